The number of halogens is 4. The Morgan fingerprint density at radius 3 is 2.50 bits per heavy atom. The zero-order chi connectivity index (χ0) is 14.9. The van der Waals surface area contributed by atoms with Gasteiger partial charge >= 0.3 is 6.18 Å². The summed E-state index contributed by atoms with van der Waals surface area (Å²) in [6.45, 7) is 0. The van der Waals surface area contributed by atoms with Crippen LogP contribution in [0.15, 0.2) is 36.5 Å². The van der Waals surface area contributed by atoms with Gasteiger partial charge in [0.15, 0.2) is 0 Å². The number of nitrogens with zero attached hydrogens (tertiary/aromatic N) is 1. The van der Waals surface area contributed by atoms with Crippen LogP contribution in [0.2, 0.25) is 0 Å². The molecule has 1 aromatic heterocycles. The molecule has 1 aromatic carbocycles. The molecular weight excluding hydrogens is 276 g/mol. The first kappa shape index (κ1) is 14.0. The smallest absolute Gasteiger partial charge is 0.364 e. The number of rotatable bonds is 2. The van der Waals surface area contributed by atoms with Crippen molar-refractivity contribution in [2.45, 2.75) is 6.18 Å². The van der Waals surface area contributed by atoms with E-state index in [-0.39, 0.29) is 11.3 Å². The molecule has 7 heteroatoms. The number of carbonyl (C=O) groups is 1. The second kappa shape index (κ2) is 4.92. The fraction of sp³-hybridized carbons (Fsp3) is 0.0769. The zero-order valence-electron chi connectivity index (χ0n) is 9.91. The number of carbonyl (C=O) groups excluding carboxylic acids is 1. The summed E-state index contributed by atoms with van der Waals surface area (Å²) in [7, 11) is 0. The number of nitrogens with two attached hydrogens (primary N) is 1. The minimum Gasteiger partial charge on any atom is -0.364 e. The van der Waals surface area contributed by atoms with Crippen LogP contribution in [-0.2, 0) is 6.18 Å². The fourth-order valence-electron chi connectivity index (χ4n) is 1.77. The van der Waals surface area contributed by atoms with Crippen molar-refractivity contribution in [1.82, 2.24) is 4.98 Å². The Kier molecular flexibility index (Phi) is 3.44. The average Bonchev–Trinajstić information content (AvgIpc) is 2.37. The van der Waals surface area contributed by atoms with Crippen molar-refractivity contribution in [3.05, 3.63) is 53.6 Å². The molecule has 2 N–H and O–H groups in total. The summed E-state index contributed by atoms with van der Waals surface area (Å²) < 4.78 is 52.5. The fourth-order valence-corrected chi connectivity index (χ4v) is 1.77. The lowest BCUT2D eigenvalue weighted by molar-refractivity contribution is -0.137. The first-order valence-electron chi connectivity index (χ1n) is 5.42. The summed E-state index contributed by atoms with van der Waals surface area (Å²) in [6, 6.07) is 4.85. The summed E-state index contributed by atoms with van der Waals surface area (Å²) in [5.41, 5.74) is 2.90. The Morgan fingerprint density at radius 2 is 1.90 bits per heavy atom. The van der Waals surface area contributed by atoms with Crippen molar-refractivity contribution in [1.29, 1.82) is 0 Å². The first-order chi connectivity index (χ1) is 9.30. The number of hydrogen-bond donors (Lipinski definition) is 1. The van der Waals surface area contributed by atoms with Crippen LogP contribution in [0, 0.1) is 5.82 Å². The van der Waals surface area contributed by atoms with E-state index in [0.717, 1.165) is 30.5 Å². The molecule has 0 bridgehead atoms. The molecule has 0 saturated carbocycles. The van der Waals surface area contributed by atoms with Crippen molar-refractivity contribution in [3.63, 3.8) is 0 Å². The Morgan fingerprint density at radius 1 is 1.20 bits per heavy atom. The Bertz CT molecular complexity index is 668. The molecule has 0 atom stereocenters. The SMILES string of the molecule is NC(=O)c1cc(-c2c(F)cccc2C(F)(F)F)ccn1. The zero-order valence-corrected chi connectivity index (χ0v) is 9.91. The molecule has 1 amide bonds. The Labute approximate surface area is 111 Å². The van der Waals surface area contributed by atoms with Crippen molar-refractivity contribution < 1.29 is 22.4 Å². The van der Waals surface area contributed by atoms with Gasteiger partial charge in [-0.15, -0.1) is 0 Å². The van der Waals surface area contributed by atoms with Crippen LogP contribution < -0.4 is 5.73 Å². The lowest BCUT2D eigenvalue weighted by atomic mass is 9.99. The van der Waals surface area contributed by atoms with Gasteiger partial charge in [0.2, 0.25) is 0 Å². The molecule has 0 aliphatic carbocycles. The number of aromatic nitrogens is 1. The van der Waals surface area contributed by atoms with Crippen molar-refractivity contribution in [3.8, 4) is 11.1 Å². The lowest BCUT2D eigenvalue weighted by Gasteiger charge is -2.14. The quantitative estimate of drug-likeness (QED) is 0.862. The number of amides is 1. The highest BCUT2D eigenvalue weighted by Crippen LogP contribution is 2.38. The average molecular weight is 284 g/mol. The number of primary amides is 1. The molecule has 0 saturated heterocycles. The molecule has 20 heavy (non-hydrogen) atoms. The van der Waals surface area contributed by atoms with E-state index in [1.54, 1.807) is 0 Å². The Balaban J connectivity index is 2.69. The molecule has 2 aromatic rings. The third kappa shape index (κ3) is 2.61. The summed E-state index contributed by atoms with van der Waals surface area (Å²) >= 11 is 0. The highest BCUT2D eigenvalue weighted by atomic mass is 19.4. The van der Waals surface area contributed by atoms with Crippen molar-refractivity contribution >= 4 is 5.91 Å². The van der Waals surface area contributed by atoms with Gasteiger partial charge in [-0.1, -0.05) is 6.07 Å². The van der Waals surface area contributed by atoms with Gasteiger partial charge in [0.05, 0.1) is 5.56 Å². The van der Waals surface area contributed by atoms with Gasteiger partial charge in [-0.25, -0.2) is 4.39 Å². The van der Waals surface area contributed by atoms with Gasteiger partial charge in [0.25, 0.3) is 5.91 Å². The third-order valence-corrected chi connectivity index (χ3v) is 2.62. The van der Waals surface area contributed by atoms with Gasteiger partial charge < -0.3 is 5.73 Å². The van der Waals surface area contributed by atoms with E-state index in [9.17, 15) is 22.4 Å². The van der Waals surface area contributed by atoms with E-state index < -0.39 is 29.0 Å². The normalized spacial score (nSPS) is 11.4. The van der Waals surface area contributed by atoms with Gasteiger partial charge in [0, 0.05) is 11.8 Å². The number of benzene rings is 1. The monoisotopic (exact) mass is 284 g/mol. The number of alkyl halides is 3. The largest absolute Gasteiger partial charge is 0.417 e. The summed E-state index contributed by atoms with van der Waals surface area (Å²) in [5, 5.41) is 0. The first-order valence-corrected chi connectivity index (χ1v) is 5.42. The molecule has 0 spiro atoms. The van der Waals surface area contributed by atoms with Crippen LogP contribution in [0.4, 0.5) is 17.6 Å². The number of hydrogen-bond acceptors (Lipinski definition) is 2. The molecule has 0 unspecified atom stereocenters. The topological polar surface area (TPSA) is 56.0 Å². The van der Waals surface area contributed by atoms with E-state index in [4.69, 9.17) is 5.73 Å². The minimum absolute atomic E-state index is 0.112. The van der Waals surface area contributed by atoms with Crippen LogP contribution in [0.5, 0.6) is 0 Å². The van der Waals surface area contributed by atoms with Crippen LogP contribution in [0.1, 0.15) is 16.1 Å². The maximum atomic E-state index is 13.8. The molecule has 2 rings (SSSR count). The molecule has 0 radical (unpaired) electrons. The van der Waals surface area contributed by atoms with Crippen molar-refractivity contribution in [2.75, 3.05) is 0 Å². The third-order valence-electron chi connectivity index (χ3n) is 2.62. The minimum atomic E-state index is -4.71. The van der Waals surface area contributed by atoms with Crippen LogP contribution in [-0.4, -0.2) is 10.9 Å². The summed E-state index contributed by atoms with van der Waals surface area (Å²) in [5.74, 6) is -1.95. The van der Waals surface area contributed by atoms with Gasteiger partial charge in [0.1, 0.15) is 11.5 Å². The standard InChI is InChI=1S/C13H8F4N2O/c14-9-3-1-2-8(13(15,16)17)11(9)7-4-5-19-10(6-7)12(18)20/h1-6H,(H2,18,20). The molecule has 0 aliphatic heterocycles. The lowest BCUT2D eigenvalue weighted by Crippen LogP contribution is -2.13. The summed E-state index contributed by atoms with van der Waals surface area (Å²) in [4.78, 5) is 14.6. The maximum absolute atomic E-state index is 13.8. The van der Waals surface area contributed by atoms with Gasteiger partial charge in [-0.2, -0.15) is 13.2 Å². The van der Waals surface area contributed by atoms with Crippen LogP contribution >= 0.6 is 0 Å². The van der Waals surface area contributed by atoms with Gasteiger partial charge in [-0.05, 0) is 29.8 Å². The molecular formula is C13H8F4N2O. The van der Waals surface area contributed by atoms with Gasteiger partial charge in [-0.3, -0.25) is 9.78 Å². The van der Waals surface area contributed by atoms with E-state index in [1.807, 2.05) is 0 Å². The molecule has 0 aliphatic rings. The highest BCUT2D eigenvalue weighted by molar-refractivity contribution is 5.92. The van der Waals surface area contributed by atoms with E-state index in [0.29, 0.717) is 0 Å². The van der Waals surface area contributed by atoms with E-state index >= 15 is 0 Å². The van der Waals surface area contributed by atoms with E-state index in [2.05, 4.69) is 4.98 Å². The molecule has 0 fully saturated rings. The second-order valence-corrected chi connectivity index (χ2v) is 3.95. The molecule has 1 heterocycles. The summed E-state index contributed by atoms with van der Waals surface area (Å²) in [6.07, 6.45) is -3.62. The predicted octanol–water partition coefficient (Wildman–Crippen LogP) is 3.01. The van der Waals surface area contributed by atoms with Crippen LogP contribution in [0.25, 0.3) is 11.1 Å². The Hall–Kier alpha value is -2.44. The molecule has 104 valence electrons. The second-order valence-electron chi connectivity index (χ2n) is 3.95. The predicted molar refractivity (Wildman–Crippen MR) is 63.2 cm³/mol. The number of pyridine rings is 1. The van der Waals surface area contributed by atoms with Crippen molar-refractivity contribution in [2.24, 2.45) is 5.73 Å². The van der Waals surface area contributed by atoms with E-state index in [1.165, 1.54) is 6.07 Å². The maximum Gasteiger partial charge on any atom is 0.417 e. The van der Waals surface area contributed by atoms with Crippen LogP contribution in [0.3, 0.4) is 0 Å². The molecule has 3 nitrogen and oxygen atoms in total. The highest BCUT2D eigenvalue weighted by Gasteiger charge is 2.35.